The molecule has 1 N–H and O–H groups in total. The first kappa shape index (κ1) is 17.6. The molecule has 0 spiro atoms. The van der Waals surface area contributed by atoms with Crippen molar-refractivity contribution in [1.82, 2.24) is 9.88 Å². The third kappa shape index (κ3) is 4.14. The van der Waals surface area contributed by atoms with Gasteiger partial charge in [0.1, 0.15) is 11.5 Å². The van der Waals surface area contributed by atoms with Crippen LogP contribution in [0.3, 0.4) is 0 Å². The molecule has 1 aromatic heterocycles. The van der Waals surface area contributed by atoms with Crippen LogP contribution in [0.2, 0.25) is 0 Å². The molecule has 24 heavy (non-hydrogen) atoms. The Bertz CT molecular complexity index is 813. The largest absolute Gasteiger partial charge is 0.333 e. The summed E-state index contributed by atoms with van der Waals surface area (Å²) >= 11 is 1.15. The van der Waals surface area contributed by atoms with Gasteiger partial charge in [0.15, 0.2) is 5.13 Å². The van der Waals surface area contributed by atoms with Crippen molar-refractivity contribution < 1.29 is 14.0 Å². The Morgan fingerprint density at radius 3 is 2.79 bits per heavy atom. The van der Waals surface area contributed by atoms with E-state index in [9.17, 15) is 14.0 Å². The molecule has 124 valence electrons. The van der Waals surface area contributed by atoms with E-state index in [4.69, 9.17) is 5.26 Å². The van der Waals surface area contributed by atoms with Crippen LogP contribution >= 0.6 is 11.3 Å². The van der Waals surface area contributed by atoms with Crippen LogP contribution in [0.25, 0.3) is 0 Å². The summed E-state index contributed by atoms with van der Waals surface area (Å²) in [4.78, 5) is 29.0. The number of nitrogens with one attached hydrogen (secondary N) is 1. The van der Waals surface area contributed by atoms with Gasteiger partial charge in [0.25, 0.3) is 5.91 Å². The van der Waals surface area contributed by atoms with Crippen LogP contribution in [-0.2, 0) is 11.3 Å². The van der Waals surface area contributed by atoms with E-state index in [2.05, 4.69) is 10.3 Å². The lowest BCUT2D eigenvalue weighted by Gasteiger charge is -2.20. The van der Waals surface area contributed by atoms with Crippen LogP contribution in [0.5, 0.6) is 0 Å². The number of anilines is 1. The van der Waals surface area contributed by atoms with E-state index < -0.39 is 5.82 Å². The number of benzene rings is 1. The number of hydrogen-bond donors (Lipinski definition) is 1. The molecule has 2 aromatic rings. The molecule has 1 heterocycles. The second kappa shape index (κ2) is 7.66. The maximum Gasteiger partial charge on any atom is 0.273 e. The normalized spacial score (nSPS) is 10.1. The van der Waals surface area contributed by atoms with E-state index in [1.54, 1.807) is 12.3 Å². The monoisotopic (exact) mass is 346 g/mol. The summed E-state index contributed by atoms with van der Waals surface area (Å²) in [6, 6.07) is 6.01. The highest BCUT2D eigenvalue weighted by Gasteiger charge is 2.19. The number of hydrogen-bond acceptors (Lipinski definition) is 5. The zero-order valence-electron chi connectivity index (χ0n) is 13.2. The number of carbonyl (C=O) groups is 2. The van der Waals surface area contributed by atoms with Crippen LogP contribution < -0.4 is 5.32 Å². The van der Waals surface area contributed by atoms with E-state index in [-0.39, 0.29) is 29.6 Å². The van der Waals surface area contributed by atoms with Gasteiger partial charge in [0, 0.05) is 31.0 Å². The Balaban J connectivity index is 2.16. The standard InChI is InChI=1S/C16H15FN4O2S/c1-3-21(8-12-5-4-11(7-18)6-13(12)17)15(23)14-9-24-16(20-14)19-10(2)22/h4-6,9H,3,8H2,1-2H3,(H,19,20,22). The minimum absolute atomic E-state index is 0.0693. The molecule has 1 aromatic carbocycles. The molecular weight excluding hydrogens is 331 g/mol. The van der Waals surface area contributed by atoms with Gasteiger partial charge in [-0.15, -0.1) is 11.3 Å². The van der Waals surface area contributed by atoms with Crippen molar-refractivity contribution >= 4 is 28.3 Å². The van der Waals surface area contributed by atoms with E-state index in [0.717, 1.165) is 17.4 Å². The molecule has 0 unspecified atom stereocenters. The zero-order chi connectivity index (χ0) is 17.7. The predicted molar refractivity (Wildman–Crippen MR) is 87.9 cm³/mol. The molecule has 0 aliphatic heterocycles. The molecule has 2 amide bonds. The number of carbonyl (C=O) groups excluding carboxylic acids is 2. The maximum atomic E-state index is 14.0. The Hall–Kier alpha value is -2.79. The lowest BCUT2D eigenvalue weighted by atomic mass is 10.1. The van der Waals surface area contributed by atoms with Crippen molar-refractivity contribution in [2.24, 2.45) is 0 Å². The fourth-order valence-electron chi connectivity index (χ4n) is 2.02. The highest BCUT2D eigenvalue weighted by molar-refractivity contribution is 7.14. The van der Waals surface area contributed by atoms with Crippen molar-refractivity contribution in [3.8, 4) is 6.07 Å². The van der Waals surface area contributed by atoms with Gasteiger partial charge in [-0.1, -0.05) is 6.07 Å². The summed E-state index contributed by atoms with van der Waals surface area (Å²) < 4.78 is 14.0. The second-order valence-electron chi connectivity index (χ2n) is 4.96. The van der Waals surface area contributed by atoms with E-state index in [0.29, 0.717) is 17.2 Å². The smallest absolute Gasteiger partial charge is 0.273 e. The molecule has 6 nitrogen and oxygen atoms in total. The fourth-order valence-corrected chi connectivity index (χ4v) is 2.75. The van der Waals surface area contributed by atoms with Crippen LogP contribution in [0.15, 0.2) is 23.6 Å². The first-order chi connectivity index (χ1) is 11.4. The molecule has 0 atom stereocenters. The summed E-state index contributed by atoms with van der Waals surface area (Å²) in [5, 5.41) is 13.2. The zero-order valence-corrected chi connectivity index (χ0v) is 14.0. The van der Waals surface area contributed by atoms with Crippen molar-refractivity contribution in [2.45, 2.75) is 20.4 Å². The van der Waals surface area contributed by atoms with Gasteiger partial charge >= 0.3 is 0 Å². The molecule has 0 bridgehead atoms. The van der Waals surface area contributed by atoms with Gasteiger partial charge < -0.3 is 10.2 Å². The number of thiazole rings is 1. The summed E-state index contributed by atoms with van der Waals surface area (Å²) in [5.41, 5.74) is 0.742. The molecule has 0 radical (unpaired) electrons. The molecule has 0 saturated heterocycles. The van der Waals surface area contributed by atoms with E-state index >= 15 is 0 Å². The van der Waals surface area contributed by atoms with Crippen molar-refractivity contribution in [2.75, 3.05) is 11.9 Å². The van der Waals surface area contributed by atoms with Crippen LogP contribution in [0.4, 0.5) is 9.52 Å². The minimum Gasteiger partial charge on any atom is -0.333 e. The Morgan fingerprint density at radius 2 is 2.21 bits per heavy atom. The minimum atomic E-state index is -0.530. The van der Waals surface area contributed by atoms with Crippen LogP contribution in [0.1, 0.15) is 35.5 Å². The lowest BCUT2D eigenvalue weighted by Crippen LogP contribution is -2.31. The average molecular weight is 346 g/mol. The van der Waals surface area contributed by atoms with Gasteiger partial charge in [-0.2, -0.15) is 5.26 Å². The SMILES string of the molecule is CCN(Cc1ccc(C#N)cc1F)C(=O)c1csc(NC(C)=O)n1. The van der Waals surface area contributed by atoms with Gasteiger partial charge in [-0.05, 0) is 19.1 Å². The highest BCUT2D eigenvalue weighted by atomic mass is 32.1. The van der Waals surface area contributed by atoms with Crippen molar-refractivity contribution in [3.05, 3.63) is 46.2 Å². The Kier molecular flexibility index (Phi) is 5.60. The number of halogens is 1. The number of nitrogens with zero attached hydrogens (tertiary/aromatic N) is 3. The molecule has 2 rings (SSSR count). The highest BCUT2D eigenvalue weighted by Crippen LogP contribution is 2.19. The summed E-state index contributed by atoms with van der Waals surface area (Å²) in [6.07, 6.45) is 0. The number of nitriles is 1. The second-order valence-corrected chi connectivity index (χ2v) is 5.81. The Labute approximate surface area is 142 Å². The van der Waals surface area contributed by atoms with Crippen LogP contribution in [0, 0.1) is 17.1 Å². The number of rotatable bonds is 5. The molecule has 0 fully saturated rings. The van der Waals surface area contributed by atoms with Crippen molar-refractivity contribution in [1.29, 1.82) is 5.26 Å². The predicted octanol–water partition coefficient (Wildman–Crippen LogP) is 2.77. The summed E-state index contributed by atoms with van der Waals surface area (Å²) in [5.74, 6) is -1.15. The Morgan fingerprint density at radius 1 is 1.46 bits per heavy atom. The van der Waals surface area contributed by atoms with E-state index in [1.165, 1.54) is 24.0 Å². The topological polar surface area (TPSA) is 86.1 Å². The molecule has 0 saturated carbocycles. The summed E-state index contributed by atoms with van der Waals surface area (Å²) in [7, 11) is 0. The van der Waals surface area contributed by atoms with Gasteiger partial charge in [0.2, 0.25) is 5.91 Å². The fraction of sp³-hybridized carbons (Fsp3) is 0.250. The molecular formula is C16H15FN4O2S. The van der Waals surface area contributed by atoms with Crippen LogP contribution in [-0.4, -0.2) is 28.2 Å². The van der Waals surface area contributed by atoms with Gasteiger partial charge in [-0.25, -0.2) is 9.37 Å². The average Bonchev–Trinajstić information content (AvgIpc) is 3.00. The third-order valence-electron chi connectivity index (χ3n) is 3.22. The van der Waals surface area contributed by atoms with Gasteiger partial charge in [-0.3, -0.25) is 9.59 Å². The first-order valence-corrected chi connectivity index (χ1v) is 8.03. The third-order valence-corrected chi connectivity index (χ3v) is 3.98. The maximum absolute atomic E-state index is 14.0. The summed E-state index contributed by atoms with van der Waals surface area (Å²) in [6.45, 7) is 3.57. The number of amides is 2. The molecule has 0 aliphatic carbocycles. The molecule has 8 heteroatoms. The van der Waals surface area contributed by atoms with Gasteiger partial charge in [0.05, 0.1) is 11.6 Å². The quantitative estimate of drug-likeness (QED) is 0.902. The molecule has 0 aliphatic rings. The van der Waals surface area contributed by atoms with E-state index in [1.807, 2.05) is 6.07 Å². The number of aromatic nitrogens is 1. The van der Waals surface area contributed by atoms with Crippen molar-refractivity contribution in [3.63, 3.8) is 0 Å². The first-order valence-electron chi connectivity index (χ1n) is 7.15. The lowest BCUT2D eigenvalue weighted by molar-refractivity contribution is -0.114.